The molecule has 0 atom stereocenters. The van der Waals surface area contributed by atoms with Crippen molar-refractivity contribution in [3.05, 3.63) is 11.6 Å². The van der Waals surface area contributed by atoms with Crippen LogP contribution in [0.25, 0.3) is 0 Å². The van der Waals surface area contributed by atoms with E-state index in [1.807, 2.05) is 20.8 Å². The van der Waals surface area contributed by atoms with Crippen molar-refractivity contribution < 1.29 is 4.39 Å². The van der Waals surface area contributed by atoms with Crippen LogP contribution in [-0.4, -0.2) is 15.0 Å². The molecule has 0 radical (unpaired) electrons. The molecule has 0 fully saturated rings. The number of hydrogen-bond acceptors (Lipinski definition) is 2. The van der Waals surface area contributed by atoms with Crippen molar-refractivity contribution in [1.82, 2.24) is 15.0 Å². The first kappa shape index (κ1) is 8.17. The fraction of sp³-hybridized carbons (Fsp3) is 0.714. The van der Waals surface area contributed by atoms with Gasteiger partial charge in [0.2, 0.25) is 5.95 Å². The van der Waals surface area contributed by atoms with E-state index in [0.29, 0.717) is 5.69 Å². The molecule has 11 heavy (non-hydrogen) atoms. The Hall–Kier alpha value is -0.930. The third kappa shape index (κ3) is 1.39. The zero-order valence-electron chi connectivity index (χ0n) is 7.22. The first-order chi connectivity index (χ1) is 4.93. The van der Waals surface area contributed by atoms with Crippen molar-refractivity contribution in [1.29, 1.82) is 0 Å². The van der Waals surface area contributed by atoms with E-state index in [2.05, 4.69) is 10.3 Å². The SMILES string of the molecule is Cn1nnc(C(C)(C)C)c1F. The summed E-state index contributed by atoms with van der Waals surface area (Å²) in [6, 6.07) is 0. The summed E-state index contributed by atoms with van der Waals surface area (Å²) in [6.45, 7) is 5.71. The van der Waals surface area contributed by atoms with Crippen molar-refractivity contribution >= 4 is 0 Å². The lowest BCUT2D eigenvalue weighted by atomic mass is 9.93. The second-order valence-electron chi connectivity index (χ2n) is 3.60. The molecule has 0 N–H and O–H groups in total. The Morgan fingerprint density at radius 3 is 2.09 bits per heavy atom. The molecule has 4 heteroatoms. The Balaban J connectivity index is 3.15. The van der Waals surface area contributed by atoms with Gasteiger partial charge in [-0.3, -0.25) is 0 Å². The van der Waals surface area contributed by atoms with Gasteiger partial charge >= 0.3 is 0 Å². The fourth-order valence-electron chi connectivity index (χ4n) is 0.805. The standard InChI is InChI=1S/C7H12FN3/c1-7(2,3)5-6(8)11(4)10-9-5/h1-4H3. The first-order valence-electron chi connectivity index (χ1n) is 3.48. The lowest BCUT2D eigenvalue weighted by Crippen LogP contribution is -2.14. The maximum atomic E-state index is 13.1. The Morgan fingerprint density at radius 1 is 1.36 bits per heavy atom. The third-order valence-electron chi connectivity index (χ3n) is 1.47. The molecular weight excluding hydrogens is 145 g/mol. The first-order valence-corrected chi connectivity index (χ1v) is 3.48. The van der Waals surface area contributed by atoms with Gasteiger partial charge in [-0.25, -0.2) is 4.68 Å². The summed E-state index contributed by atoms with van der Waals surface area (Å²) >= 11 is 0. The second kappa shape index (κ2) is 2.29. The van der Waals surface area contributed by atoms with Gasteiger partial charge in [-0.15, -0.1) is 5.10 Å². The Labute approximate surface area is 65.2 Å². The normalized spacial score (nSPS) is 12.1. The third-order valence-corrected chi connectivity index (χ3v) is 1.47. The van der Waals surface area contributed by atoms with Gasteiger partial charge in [-0.2, -0.15) is 4.39 Å². The summed E-state index contributed by atoms with van der Waals surface area (Å²) in [5, 5.41) is 7.30. The fourth-order valence-corrected chi connectivity index (χ4v) is 0.805. The smallest absolute Gasteiger partial charge is 0.222 e. The van der Waals surface area contributed by atoms with Gasteiger partial charge < -0.3 is 0 Å². The summed E-state index contributed by atoms with van der Waals surface area (Å²) in [7, 11) is 1.54. The van der Waals surface area contributed by atoms with Crippen LogP contribution in [0, 0.1) is 5.95 Å². The summed E-state index contributed by atoms with van der Waals surface area (Å²) in [4.78, 5) is 0. The highest BCUT2D eigenvalue weighted by Gasteiger charge is 2.23. The Bertz CT molecular complexity index is 259. The largest absolute Gasteiger partial charge is 0.235 e. The van der Waals surface area contributed by atoms with Crippen LogP contribution in [0.5, 0.6) is 0 Å². The molecule has 1 rings (SSSR count). The van der Waals surface area contributed by atoms with Crippen molar-refractivity contribution in [2.24, 2.45) is 7.05 Å². The summed E-state index contributed by atoms with van der Waals surface area (Å²) < 4.78 is 14.2. The highest BCUT2D eigenvalue weighted by Crippen LogP contribution is 2.21. The molecule has 0 amide bonds. The van der Waals surface area contributed by atoms with Gasteiger partial charge in [0.25, 0.3) is 0 Å². The van der Waals surface area contributed by atoms with Crippen LogP contribution in [0.1, 0.15) is 26.5 Å². The highest BCUT2D eigenvalue weighted by molar-refractivity contribution is 5.08. The molecule has 0 aromatic carbocycles. The van der Waals surface area contributed by atoms with Crippen molar-refractivity contribution in [2.45, 2.75) is 26.2 Å². The van der Waals surface area contributed by atoms with Crippen molar-refractivity contribution in [3.8, 4) is 0 Å². The van der Waals surface area contributed by atoms with E-state index < -0.39 is 0 Å². The molecule has 0 spiro atoms. The average Bonchev–Trinajstić information content (AvgIpc) is 2.11. The molecule has 1 heterocycles. The minimum atomic E-state index is -0.350. The van der Waals surface area contributed by atoms with Gasteiger partial charge in [-0.1, -0.05) is 26.0 Å². The second-order valence-corrected chi connectivity index (χ2v) is 3.60. The van der Waals surface area contributed by atoms with Crippen LogP contribution in [0.15, 0.2) is 0 Å². The molecule has 0 unspecified atom stereocenters. The molecule has 0 saturated heterocycles. The van der Waals surface area contributed by atoms with Crippen LogP contribution in [0.4, 0.5) is 4.39 Å². The Morgan fingerprint density at radius 2 is 1.91 bits per heavy atom. The van der Waals surface area contributed by atoms with Gasteiger partial charge in [0.1, 0.15) is 5.69 Å². The van der Waals surface area contributed by atoms with Crippen LogP contribution >= 0.6 is 0 Å². The molecule has 0 aliphatic rings. The van der Waals surface area contributed by atoms with E-state index in [0.717, 1.165) is 4.68 Å². The van der Waals surface area contributed by atoms with E-state index in [1.54, 1.807) is 0 Å². The minimum absolute atomic E-state index is 0.266. The van der Waals surface area contributed by atoms with Crippen LogP contribution < -0.4 is 0 Å². The summed E-state index contributed by atoms with van der Waals surface area (Å²) in [6.07, 6.45) is 0. The van der Waals surface area contributed by atoms with Gasteiger partial charge in [0.15, 0.2) is 0 Å². The van der Waals surface area contributed by atoms with E-state index in [-0.39, 0.29) is 11.4 Å². The number of nitrogens with zero attached hydrogens (tertiary/aromatic N) is 3. The number of aromatic nitrogens is 3. The molecule has 3 nitrogen and oxygen atoms in total. The van der Waals surface area contributed by atoms with Gasteiger partial charge in [0, 0.05) is 12.5 Å². The molecule has 1 aromatic rings. The molecule has 0 bridgehead atoms. The quantitative estimate of drug-likeness (QED) is 0.567. The maximum absolute atomic E-state index is 13.1. The minimum Gasteiger partial charge on any atom is -0.222 e. The molecule has 0 aliphatic carbocycles. The molecule has 62 valence electrons. The summed E-state index contributed by atoms with van der Waals surface area (Å²) in [5.41, 5.74) is 0.151. The number of halogens is 1. The predicted octanol–water partition coefficient (Wildman–Crippen LogP) is 1.25. The topological polar surface area (TPSA) is 30.7 Å². The highest BCUT2D eigenvalue weighted by atomic mass is 19.1. The van der Waals surface area contributed by atoms with Crippen LogP contribution in [0.3, 0.4) is 0 Å². The lowest BCUT2D eigenvalue weighted by Gasteiger charge is -2.13. The molecular formula is C7H12FN3. The van der Waals surface area contributed by atoms with Crippen molar-refractivity contribution in [3.63, 3.8) is 0 Å². The van der Waals surface area contributed by atoms with E-state index in [4.69, 9.17) is 0 Å². The van der Waals surface area contributed by atoms with Crippen LogP contribution in [0.2, 0.25) is 0 Å². The average molecular weight is 157 g/mol. The van der Waals surface area contributed by atoms with E-state index >= 15 is 0 Å². The zero-order chi connectivity index (χ0) is 8.65. The number of hydrogen-bond donors (Lipinski definition) is 0. The Kier molecular flexibility index (Phi) is 1.70. The number of aryl methyl sites for hydroxylation is 1. The maximum Gasteiger partial charge on any atom is 0.235 e. The molecule has 0 aliphatic heterocycles. The predicted molar refractivity (Wildman–Crippen MR) is 39.7 cm³/mol. The van der Waals surface area contributed by atoms with E-state index in [9.17, 15) is 4.39 Å². The lowest BCUT2D eigenvalue weighted by molar-refractivity contribution is 0.464. The zero-order valence-corrected chi connectivity index (χ0v) is 7.22. The van der Waals surface area contributed by atoms with E-state index in [1.165, 1.54) is 7.05 Å². The van der Waals surface area contributed by atoms with Crippen LogP contribution in [-0.2, 0) is 12.5 Å². The molecule has 0 saturated carbocycles. The van der Waals surface area contributed by atoms with Gasteiger partial charge in [0.05, 0.1) is 0 Å². The van der Waals surface area contributed by atoms with Gasteiger partial charge in [-0.05, 0) is 0 Å². The molecule has 1 aromatic heterocycles. The van der Waals surface area contributed by atoms with Crippen molar-refractivity contribution in [2.75, 3.05) is 0 Å². The summed E-state index contributed by atoms with van der Waals surface area (Å²) in [5.74, 6) is -0.350. The number of rotatable bonds is 0. The monoisotopic (exact) mass is 157 g/mol.